The molecule has 0 fully saturated rings. The van der Waals surface area contributed by atoms with Crippen LogP contribution in [0.2, 0.25) is 5.02 Å². The summed E-state index contributed by atoms with van der Waals surface area (Å²) in [7, 11) is 0. The Morgan fingerprint density at radius 3 is 2.29 bits per heavy atom. The molecule has 0 saturated heterocycles. The zero-order valence-electron chi connectivity index (χ0n) is 21.7. The number of halogens is 1. The molecule has 0 saturated carbocycles. The normalized spacial score (nSPS) is 13.8. The van der Waals surface area contributed by atoms with Crippen LogP contribution in [0.4, 0.5) is 0 Å². The Balaban J connectivity index is 1.55. The van der Waals surface area contributed by atoms with Gasteiger partial charge >= 0.3 is 0 Å². The van der Waals surface area contributed by atoms with Crippen LogP contribution < -0.4 is 10.1 Å². The van der Waals surface area contributed by atoms with Gasteiger partial charge in [-0.25, -0.2) is 0 Å². The number of benzene rings is 3. The highest BCUT2D eigenvalue weighted by Gasteiger charge is 2.30. The fourth-order valence-corrected chi connectivity index (χ4v) is 4.81. The minimum atomic E-state index is -0.694. The number of nitrogens with one attached hydrogen (secondary N) is 1. The Morgan fingerprint density at radius 1 is 0.895 bits per heavy atom. The van der Waals surface area contributed by atoms with Crippen molar-refractivity contribution in [2.24, 2.45) is 0 Å². The van der Waals surface area contributed by atoms with E-state index in [9.17, 15) is 9.59 Å². The first-order valence-electron chi connectivity index (χ1n) is 13.3. The average Bonchev–Trinajstić information content (AvgIpc) is 2.96. The molecule has 38 heavy (non-hydrogen) atoms. The second-order valence-corrected chi connectivity index (χ2v) is 10.0. The number of hydrogen-bond acceptors (Lipinski definition) is 3. The summed E-state index contributed by atoms with van der Waals surface area (Å²) in [5.74, 6) is 0.194. The largest absolute Gasteiger partial charge is 0.484 e. The fourth-order valence-electron chi connectivity index (χ4n) is 4.68. The standard InChI is InChI=1S/C32H35ClN2O3/c33-28-18-16-27(17-19-28)23-35(31(36)24-38-29-14-8-3-9-15-29)30(22-26-12-6-2-7-13-26)32(37)34-21-20-25-10-4-1-5-11-25/h2-3,6-10,12-19,30H,1,4-5,11,20-24H2,(H,34,37)/t30-/m0/s1. The van der Waals surface area contributed by atoms with Gasteiger partial charge in [-0.1, -0.05) is 83.9 Å². The Kier molecular flexibility index (Phi) is 10.4. The number of amides is 2. The summed E-state index contributed by atoms with van der Waals surface area (Å²) in [6, 6.07) is 25.7. The van der Waals surface area contributed by atoms with Gasteiger partial charge in [0.1, 0.15) is 11.8 Å². The molecule has 1 aliphatic rings. The summed E-state index contributed by atoms with van der Waals surface area (Å²) >= 11 is 6.10. The molecule has 1 N–H and O–H groups in total. The van der Waals surface area contributed by atoms with Crippen LogP contribution >= 0.6 is 11.6 Å². The highest BCUT2D eigenvalue weighted by atomic mass is 35.5. The van der Waals surface area contributed by atoms with E-state index in [2.05, 4.69) is 11.4 Å². The lowest BCUT2D eigenvalue weighted by molar-refractivity contribution is -0.142. The van der Waals surface area contributed by atoms with Crippen LogP contribution in [0, 0.1) is 0 Å². The van der Waals surface area contributed by atoms with Gasteiger partial charge in [0.2, 0.25) is 5.91 Å². The zero-order chi connectivity index (χ0) is 26.6. The van der Waals surface area contributed by atoms with Crippen molar-refractivity contribution >= 4 is 23.4 Å². The van der Waals surface area contributed by atoms with Gasteiger partial charge in [0.25, 0.3) is 5.91 Å². The molecule has 6 heteroatoms. The number of nitrogens with zero attached hydrogens (tertiary/aromatic N) is 1. The predicted octanol–water partition coefficient (Wildman–Crippen LogP) is 6.37. The molecule has 0 heterocycles. The highest BCUT2D eigenvalue weighted by molar-refractivity contribution is 6.30. The van der Waals surface area contributed by atoms with Gasteiger partial charge in [-0.3, -0.25) is 9.59 Å². The van der Waals surface area contributed by atoms with Crippen LogP contribution in [0.3, 0.4) is 0 Å². The molecule has 1 atom stereocenters. The molecule has 198 valence electrons. The van der Waals surface area contributed by atoms with Crippen molar-refractivity contribution in [1.29, 1.82) is 0 Å². The molecule has 4 rings (SSSR count). The summed E-state index contributed by atoms with van der Waals surface area (Å²) in [5, 5.41) is 3.74. The number of rotatable bonds is 12. The van der Waals surface area contributed by atoms with Crippen LogP contribution in [0.5, 0.6) is 5.75 Å². The van der Waals surface area contributed by atoms with E-state index in [-0.39, 0.29) is 25.0 Å². The third-order valence-corrected chi connectivity index (χ3v) is 7.03. The van der Waals surface area contributed by atoms with E-state index in [1.165, 1.54) is 18.4 Å². The van der Waals surface area contributed by atoms with Crippen molar-refractivity contribution in [3.8, 4) is 5.75 Å². The van der Waals surface area contributed by atoms with Gasteiger partial charge < -0.3 is 15.0 Å². The van der Waals surface area contributed by atoms with E-state index in [1.807, 2.05) is 72.8 Å². The predicted molar refractivity (Wildman–Crippen MR) is 152 cm³/mol. The van der Waals surface area contributed by atoms with E-state index in [0.717, 1.165) is 30.4 Å². The minimum Gasteiger partial charge on any atom is -0.484 e. The Bertz CT molecular complexity index is 1200. The first-order valence-corrected chi connectivity index (χ1v) is 13.7. The summed E-state index contributed by atoms with van der Waals surface area (Å²) < 4.78 is 5.79. The van der Waals surface area contributed by atoms with E-state index in [0.29, 0.717) is 23.7 Å². The van der Waals surface area contributed by atoms with Crippen LogP contribution in [0.15, 0.2) is 96.6 Å². The molecule has 0 aliphatic heterocycles. The third kappa shape index (κ3) is 8.49. The molecule has 0 radical (unpaired) electrons. The molecule has 2 amide bonds. The average molecular weight is 531 g/mol. The molecule has 0 unspecified atom stereocenters. The topological polar surface area (TPSA) is 58.6 Å². The van der Waals surface area contributed by atoms with Gasteiger partial charge in [0.05, 0.1) is 0 Å². The van der Waals surface area contributed by atoms with Crippen LogP contribution in [0.25, 0.3) is 0 Å². The monoisotopic (exact) mass is 530 g/mol. The lowest BCUT2D eigenvalue weighted by Gasteiger charge is -2.31. The maximum Gasteiger partial charge on any atom is 0.261 e. The van der Waals surface area contributed by atoms with Gasteiger partial charge in [0, 0.05) is 24.5 Å². The lowest BCUT2D eigenvalue weighted by atomic mass is 9.97. The van der Waals surface area contributed by atoms with Crippen molar-refractivity contribution < 1.29 is 14.3 Å². The summed E-state index contributed by atoms with van der Waals surface area (Å²) in [4.78, 5) is 28.9. The molecule has 3 aromatic rings. The zero-order valence-corrected chi connectivity index (χ0v) is 22.4. The number of para-hydroxylation sites is 1. The third-order valence-electron chi connectivity index (χ3n) is 6.77. The highest BCUT2D eigenvalue weighted by Crippen LogP contribution is 2.20. The molecule has 0 bridgehead atoms. The van der Waals surface area contributed by atoms with Gasteiger partial charge in [0.15, 0.2) is 6.61 Å². The van der Waals surface area contributed by atoms with Gasteiger partial charge in [-0.15, -0.1) is 0 Å². The number of carbonyl (C=O) groups is 2. The SMILES string of the molecule is O=C(NCCC1=CCCCC1)[C@H](Cc1ccccc1)N(Cc1ccc(Cl)cc1)C(=O)COc1ccccc1. The Morgan fingerprint density at radius 2 is 1.61 bits per heavy atom. The van der Waals surface area contributed by atoms with Gasteiger partial charge in [-0.05, 0) is 67.5 Å². The van der Waals surface area contributed by atoms with E-state index < -0.39 is 6.04 Å². The van der Waals surface area contributed by atoms with Gasteiger partial charge in [-0.2, -0.15) is 0 Å². The van der Waals surface area contributed by atoms with Crippen molar-refractivity contribution in [3.63, 3.8) is 0 Å². The number of allylic oxidation sites excluding steroid dienone is 1. The minimum absolute atomic E-state index is 0.160. The second-order valence-electron chi connectivity index (χ2n) is 9.60. The molecule has 0 aromatic heterocycles. The lowest BCUT2D eigenvalue weighted by Crippen LogP contribution is -2.51. The van der Waals surface area contributed by atoms with Crippen molar-refractivity contribution in [1.82, 2.24) is 10.2 Å². The van der Waals surface area contributed by atoms with Crippen molar-refractivity contribution in [2.75, 3.05) is 13.2 Å². The van der Waals surface area contributed by atoms with E-state index >= 15 is 0 Å². The van der Waals surface area contributed by atoms with E-state index in [1.54, 1.807) is 17.0 Å². The molecule has 0 spiro atoms. The molecule has 5 nitrogen and oxygen atoms in total. The van der Waals surface area contributed by atoms with E-state index in [4.69, 9.17) is 16.3 Å². The molecule has 3 aromatic carbocycles. The Hall–Kier alpha value is -3.57. The molecule has 1 aliphatic carbocycles. The van der Waals surface area contributed by atoms with Crippen LogP contribution in [0.1, 0.15) is 43.2 Å². The first-order chi connectivity index (χ1) is 18.6. The summed E-state index contributed by atoms with van der Waals surface area (Å²) in [6.45, 7) is 0.659. The fraction of sp³-hybridized carbons (Fsp3) is 0.312. The molecular formula is C32H35ClN2O3. The number of carbonyl (C=O) groups excluding carboxylic acids is 2. The summed E-state index contributed by atoms with van der Waals surface area (Å²) in [6.07, 6.45) is 8.20. The maximum atomic E-state index is 13.7. The van der Waals surface area contributed by atoms with Crippen molar-refractivity contribution in [2.45, 2.75) is 51.1 Å². The number of hydrogen-bond donors (Lipinski definition) is 1. The number of ether oxygens (including phenoxy) is 1. The maximum absolute atomic E-state index is 13.7. The first kappa shape index (κ1) is 27.5. The second kappa shape index (κ2) is 14.4. The molecular weight excluding hydrogens is 496 g/mol. The summed E-state index contributed by atoms with van der Waals surface area (Å²) in [5.41, 5.74) is 3.28. The smallest absolute Gasteiger partial charge is 0.261 e. The van der Waals surface area contributed by atoms with Crippen LogP contribution in [-0.2, 0) is 22.6 Å². The Labute approximate surface area is 230 Å². The quantitative estimate of drug-likeness (QED) is 0.277. The van der Waals surface area contributed by atoms with Crippen LogP contribution in [-0.4, -0.2) is 35.9 Å². The van der Waals surface area contributed by atoms with Crippen molar-refractivity contribution in [3.05, 3.63) is 113 Å².